The van der Waals surface area contributed by atoms with Gasteiger partial charge in [-0.2, -0.15) is 0 Å². The number of pyridine rings is 2. The van der Waals surface area contributed by atoms with Gasteiger partial charge < -0.3 is 15.0 Å². The third-order valence-electron chi connectivity index (χ3n) is 3.85. The van der Waals surface area contributed by atoms with Crippen molar-refractivity contribution in [3.63, 3.8) is 0 Å². The van der Waals surface area contributed by atoms with E-state index >= 15 is 0 Å². The number of hydrogen-bond acceptors (Lipinski definition) is 6. The van der Waals surface area contributed by atoms with Gasteiger partial charge in [-0.1, -0.05) is 11.2 Å². The van der Waals surface area contributed by atoms with E-state index < -0.39 is 0 Å². The Morgan fingerprint density at radius 3 is 2.52 bits per heavy atom. The number of nitrogens with zero attached hydrogens (tertiary/aromatic N) is 3. The number of halogens is 1. The summed E-state index contributed by atoms with van der Waals surface area (Å²) in [5.74, 6) is 1.72. The first-order valence-electron chi connectivity index (χ1n) is 8.21. The van der Waals surface area contributed by atoms with Gasteiger partial charge in [0.25, 0.3) is 0 Å². The molecule has 4 aromatic rings. The van der Waals surface area contributed by atoms with Gasteiger partial charge in [-0.05, 0) is 42.0 Å². The average Bonchev–Trinajstić information content (AvgIpc) is 3.14. The van der Waals surface area contributed by atoms with E-state index in [4.69, 9.17) is 15.0 Å². The fourth-order valence-electron chi connectivity index (χ4n) is 2.49. The Morgan fingerprint density at radius 1 is 0.963 bits per heavy atom. The van der Waals surface area contributed by atoms with Crippen LogP contribution in [0, 0.1) is 5.82 Å². The van der Waals surface area contributed by atoms with Gasteiger partial charge in [-0.25, -0.2) is 14.4 Å². The Bertz CT molecular complexity index is 1030. The van der Waals surface area contributed by atoms with Crippen molar-refractivity contribution in [3.05, 3.63) is 84.1 Å². The summed E-state index contributed by atoms with van der Waals surface area (Å²) in [6, 6.07) is 14.8. The lowest BCUT2D eigenvalue weighted by atomic mass is 10.1. The molecule has 3 aromatic heterocycles. The molecule has 0 amide bonds. The van der Waals surface area contributed by atoms with Crippen LogP contribution in [0.4, 0.5) is 10.2 Å². The molecule has 4 rings (SSSR count). The van der Waals surface area contributed by atoms with Crippen LogP contribution in [-0.4, -0.2) is 15.1 Å². The van der Waals surface area contributed by atoms with E-state index in [-0.39, 0.29) is 5.82 Å². The van der Waals surface area contributed by atoms with Crippen LogP contribution >= 0.6 is 0 Å². The van der Waals surface area contributed by atoms with Crippen LogP contribution in [0.1, 0.15) is 11.3 Å². The number of nitrogens with two attached hydrogens (primary N) is 1. The second kappa shape index (κ2) is 7.25. The SMILES string of the molecule is Nc1ccc(-c2cc(Cc3ccc(Oc4ccc(F)cc4)nc3)no2)cn1. The Kier molecular flexibility index (Phi) is 4.49. The van der Waals surface area contributed by atoms with Gasteiger partial charge in [0.1, 0.15) is 17.4 Å². The second-order valence-corrected chi connectivity index (χ2v) is 5.89. The topological polar surface area (TPSA) is 87.1 Å². The molecule has 0 saturated heterocycles. The minimum atomic E-state index is -0.313. The van der Waals surface area contributed by atoms with Crippen LogP contribution in [0.5, 0.6) is 11.6 Å². The molecule has 0 unspecified atom stereocenters. The highest BCUT2D eigenvalue weighted by atomic mass is 19.1. The van der Waals surface area contributed by atoms with Crippen LogP contribution in [0.15, 0.2) is 71.5 Å². The maximum Gasteiger partial charge on any atom is 0.219 e. The maximum atomic E-state index is 12.9. The number of benzene rings is 1. The van der Waals surface area contributed by atoms with Gasteiger partial charge >= 0.3 is 0 Å². The van der Waals surface area contributed by atoms with Gasteiger partial charge in [0.15, 0.2) is 5.76 Å². The summed E-state index contributed by atoms with van der Waals surface area (Å²) in [4.78, 5) is 8.31. The zero-order valence-electron chi connectivity index (χ0n) is 14.2. The smallest absolute Gasteiger partial charge is 0.219 e. The molecular formula is C20H15FN4O2. The molecule has 0 fully saturated rings. The van der Waals surface area contributed by atoms with E-state index in [0.29, 0.717) is 29.6 Å². The van der Waals surface area contributed by atoms with Crippen LogP contribution in [-0.2, 0) is 6.42 Å². The normalized spacial score (nSPS) is 10.7. The summed E-state index contributed by atoms with van der Waals surface area (Å²) < 4.78 is 23.9. The fourth-order valence-corrected chi connectivity index (χ4v) is 2.49. The van der Waals surface area contributed by atoms with Crippen molar-refractivity contribution in [1.82, 2.24) is 15.1 Å². The predicted octanol–water partition coefficient (Wildman–Crippen LogP) is 4.24. The molecule has 0 bridgehead atoms. The van der Waals surface area contributed by atoms with Gasteiger partial charge in [-0.15, -0.1) is 0 Å². The van der Waals surface area contributed by atoms with Crippen molar-refractivity contribution < 1.29 is 13.7 Å². The molecule has 2 N–H and O–H groups in total. The Hall–Kier alpha value is -3.74. The highest BCUT2D eigenvalue weighted by molar-refractivity contribution is 5.57. The summed E-state index contributed by atoms with van der Waals surface area (Å²) in [6.07, 6.45) is 3.91. The molecule has 1 aromatic carbocycles. The molecule has 0 aliphatic rings. The summed E-state index contributed by atoms with van der Waals surface area (Å²) in [5, 5.41) is 4.08. The molecule has 0 aliphatic carbocycles. The van der Waals surface area contributed by atoms with E-state index in [2.05, 4.69) is 15.1 Å². The van der Waals surface area contributed by atoms with Crippen LogP contribution < -0.4 is 10.5 Å². The molecule has 0 aliphatic heterocycles. The summed E-state index contributed by atoms with van der Waals surface area (Å²) >= 11 is 0. The number of nitrogen functional groups attached to an aromatic ring is 1. The van der Waals surface area contributed by atoms with Crippen molar-refractivity contribution in [2.75, 3.05) is 5.73 Å². The van der Waals surface area contributed by atoms with Crippen molar-refractivity contribution in [2.45, 2.75) is 6.42 Å². The van der Waals surface area contributed by atoms with Gasteiger partial charge in [-0.3, -0.25) is 0 Å². The molecule has 0 atom stereocenters. The molecule has 0 spiro atoms. The van der Waals surface area contributed by atoms with Gasteiger partial charge in [0.05, 0.1) is 5.69 Å². The molecule has 7 heteroatoms. The highest BCUT2D eigenvalue weighted by Gasteiger charge is 2.09. The molecule has 134 valence electrons. The minimum absolute atomic E-state index is 0.313. The van der Waals surface area contributed by atoms with E-state index in [1.54, 1.807) is 36.7 Å². The maximum absolute atomic E-state index is 12.9. The molecule has 0 saturated carbocycles. The Morgan fingerprint density at radius 2 is 1.81 bits per heavy atom. The first-order chi connectivity index (χ1) is 13.2. The third kappa shape index (κ3) is 4.09. The van der Waals surface area contributed by atoms with Crippen LogP contribution in [0.3, 0.4) is 0 Å². The quantitative estimate of drug-likeness (QED) is 0.571. The number of aromatic nitrogens is 3. The van der Waals surface area contributed by atoms with Crippen molar-refractivity contribution in [3.8, 4) is 23.0 Å². The molecule has 0 radical (unpaired) electrons. The Labute approximate surface area is 154 Å². The standard InChI is InChI=1S/C20H15FN4O2/c21-15-3-5-17(6-4-15)26-20-8-1-13(11-24-20)9-16-10-18(27-25-16)14-2-7-19(22)23-12-14/h1-8,10-12H,9H2,(H2,22,23). The van der Waals surface area contributed by atoms with Crippen LogP contribution in [0.25, 0.3) is 11.3 Å². The number of ether oxygens (including phenoxy) is 1. The average molecular weight is 362 g/mol. The van der Waals surface area contributed by atoms with Crippen molar-refractivity contribution in [1.29, 1.82) is 0 Å². The van der Waals surface area contributed by atoms with Crippen molar-refractivity contribution >= 4 is 5.82 Å². The lowest BCUT2D eigenvalue weighted by Crippen LogP contribution is -1.92. The lowest BCUT2D eigenvalue weighted by Gasteiger charge is -2.05. The van der Waals surface area contributed by atoms with Crippen molar-refractivity contribution in [2.24, 2.45) is 0 Å². The van der Waals surface area contributed by atoms with Crippen LogP contribution in [0.2, 0.25) is 0 Å². The lowest BCUT2D eigenvalue weighted by molar-refractivity contribution is 0.425. The zero-order valence-corrected chi connectivity index (χ0v) is 14.2. The van der Waals surface area contributed by atoms with E-state index in [1.165, 1.54) is 12.1 Å². The zero-order chi connectivity index (χ0) is 18.6. The summed E-state index contributed by atoms with van der Waals surface area (Å²) in [5.41, 5.74) is 8.13. The second-order valence-electron chi connectivity index (χ2n) is 5.89. The summed E-state index contributed by atoms with van der Waals surface area (Å²) in [7, 11) is 0. The van der Waals surface area contributed by atoms with E-state index in [0.717, 1.165) is 16.8 Å². The van der Waals surface area contributed by atoms with E-state index in [9.17, 15) is 4.39 Å². The van der Waals surface area contributed by atoms with Gasteiger partial charge in [0, 0.05) is 36.5 Å². The number of hydrogen-bond donors (Lipinski definition) is 1. The molecular weight excluding hydrogens is 347 g/mol. The molecule has 3 heterocycles. The molecule has 6 nitrogen and oxygen atoms in total. The predicted molar refractivity (Wildman–Crippen MR) is 97.7 cm³/mol. The number of anilines is 1. The molecule has 27 heavy (non-hydrogen) atoms. The van der Waals surface area contributed by atoms with E-state index in [1.807, 2.05) is 18.2 Å². The van der Waals surface area contributed by atoms with Gasteiger partial charge in [0.2, 0.25) is 5.88 Å². The first-order valence-corrected chi connectivity index (χ1v) is 8.21. The monoisotopic (exact) mass is 362 g/mol. The summed E-state index contributed by atoms with van der Waals surface area (Å²) in [6.45, 7) is 0. The first kappa shape index (κ1) is 16.7. The number of rotatable bonds is 5. The minimum Gasteiger partial charge on any atom is -0.439 e. The Balaban J connectivity index is 1.42. The largest absolute Gasteiger partial charge is 0.439 e. The third-order valence-corrected chi connectivity index (χ3v) is 3.85. The highest BCUT2D eigenvalue weighted by Crippen LogP contribution is 2.23. The fraction of sp³-hybridized carbons (Fsp3) is 0.0500.